The van der Waals surface area contributed by atoms with Gasteiger partial charge in [0.2, 0.25) is 5.95 Å². The van der Waals surface area contributed by atoms with Crippen LogP contribution in [0.2, 0.25) is 0 Å². The van der Waals surface area contributed by atoms with Crippen LogP contribution in [0.4, 0.5) is 26.2 Å². The van der Waals surface area contributed by atoms with Crippen LogP contribution in [-0.4, -0.2) is 30.2 Å². The fourth-order valence-corrected chi connectivity index (χ4v) is 2.26. The van der Waals surface area contributed by atoms with Crippen LogP contribution in [0.1, 0.15) is 0 Å². The first kappa shape index (κ1) is 18.4. The number of rotatable bonds is 8. The van der Waals surface area contributed by atoms with Gasteiger partial charge in [-0.15, -0.1) is 0 Å². The summed E-state index contributed by atoms with van der Waals surface area (Å²) in [6.07, 6.45) is 1.49. The third-order valence-corrected chi connectivity index (χ3v) is 3.58. The molecule has 0 aliphatic heterocycles. The molecule has 2 N–H and O–H groups in total. The third kappa shape index (κ3) is 5.04. The van der Waals surface area contributed by atoms with Crippen LogP contribution in [0.15, 0.2) is 54.7 Å². The van der Waals surface area contributed by atoms with Gasteiger partial charge in [0.05, 0.1) is 13.7 Å². The molecule has 27 heavy (non-hydrogen) atoms. The Morgan fingerprint density at radius 1 is 0.963 bits per heavy atom. The number of para-hydroxylation sites is 1. The summed E-state index contributed by atoms with van der Waals surface area (Å²) >= 11 is 0. The molecule has 1 heterocycles. The third-order valence-electron chi connectivity index (χ3n) is 3.58. The molecule has 1 aromatic heterocycles. The highest BCUT2D eigenvalue weighted by Crippen LogP contribution is 2.22. The number of hydrogen-bond acceptors (Lipinski definition) is 6. The highest BCUT2D eigenvalue weighted by molar-refractivity contribution is 5.58. The molecule has 0 amide bonds. The highest BCUT2D eigenvalue weighted by atomic mass is 19.1. The van der Waals surface area contributed by atoms with E-state index in [0.29, 0.717) is 24.8 Å². The standard InChI is InChI=1S/C19H18F2N4O2/c1-26-13-5-7-14(8-6-13)27-12-11-23-19-22-10-9-17(25-19)24-18-15(20)3-2-4-16(18)21/h2-10H,11-12H2,1H3,(H2,22,23,24,25). The van der Waals surface area contributed by atoms with E-state index >= 15 is 0 Å². The summed E-state index contributed by atoms with van der Waals surface area (Å²) in [5.74, 6) is 0.656. The summed E-state index contributed by atoms with van der Waals surface area (Å²) in [7, 11) is 1.60. The number of nitrogens with one attached hydrogen (secondary N) is 2. The van der Waals surface area contributed by atoms with Crippen molar-refractivity contribution >= 4 is 17.5 Å². The SMILES string of the molecule is COc1ccc(OCCNc2nccc(Nc3c(F)cccc3F)n2)cc1. The maximum Gasteiger partial charge on any atom is 0.224 e. The molecule has 0 fully saturated rings. The Balaban J connectivity index is 1.53. The highest BCUT2D eigenvalue weighted by Gasteiger charge is 2.09. The molecule has 0 atom stereocenters. The zero-order valence-electron chi connectivity index (χ0n) is 14.6. The van der Waals surface area contributed by atoms with Crippen molar-refractivity contribution in [2.75, 3.05) is 30.9 Å². The van der Waals surface area contributed by atoms with Crippen molar-refractivity contribution in [3.05, 3.63) is 66.4 Å². The van der Waals surface area contributed by atoms with E-state index in [2.05, 4.69) is 20.6 Å². The number of ether oxygens (including phenoxy) is 2. The topological polar surface area (TPSA) is 68.3 Å². The van der Waals surface area contributed by atoms with Crippen molar-refractivity contribution in [1.29, 1.82) is 0 Å². The summed E-state index contributed by atoms with van der Waals surface area (Å²) in [5.41, 5.74) is -0.259. The molecule has 0 unspecified atom stereocenters. The van der Waals surface area contributed by atoms with Crippen molar-refractivity contribution in [2.45, 2.75) is 0 Å². The lowest BCUT2D eigenvalue weighted by Crippen LogP contribution is -2.13. The Bertz CT molecular complexity index is 871. The molecule has 2 aromatic carbocycles. The van der Waals surface area contributed by atoms with Crippen LogP contribution in [0.3, 0.4) is 0 Å². The summed E-state index contributed by atoms with van der Waals surface area (Å²) < 4.78 is 38.1. The number of anilines is 3. The largest absolute Gasteiger partial charge is 0.497 e. The van der Waals surface area contributed by atoms with E-state index in [1.54, 1.807) is 7.11 Å². The second-order valence-electron chi connectivity index (χ2n) is 5.44. The van der Waals surface area contributed by atoms with Crippen molar-refractivity contribution in [3.63, 3.8) is 0 Å². The lowest BCUT2D eigenvalue weighted by molar-refractivity contribution is 0.331. The average molecular weight is 372 g/mol. The van der Waals surface area contributed by atoms with Gasteiger partial charge in [-0.1, -0.05) is 6.07 Å². The maximum absolute atomic E-state index is 13.7. The summed E-state index contributed by atoms with van der Waals surface area (Å²) in [5, 5.41) is 5.62. The monoisotopic (exact) mass is 372 g/mol. The Hall–Kier alpha value is -3.42. The Morgan fingerprint density at radius 3 is 2.37 bits per heavy atom. The maximum atomic E-state index is 13.7. The molecule has 3 aromatic rings. The Morgan fingerprint density at radius 2 is 1.67 bits per heavy atom. The van der Waals surface area contributed by atoms with E-state index < -0.39 is 11.6 Å². The summed E-state index contributed by atoms with van der Waals surface area (Å²) in [4.78, 5) is 8.25. The van der Waals surface area contributed by atoms with Gasteiger partial charge in [0.15, 0.2) is 0 Å². The smallest absolute Gasteiger partial charge is 0.224 e. The zero-order valence-corrected chi connectivity index (χ0v) is 14.6. The second-order valence-corrected chi connectivity index (χ2v) is 5.44. The number of benzene rings is 2. The van der Waals surface area contributed by atoms with Crippen molar-refractivity contribution in [3.8, 4) is 11.5 Å². The fraction of sp³-hybridized carbons (Fsp3) is 0.158. The molecular weight excluding hydrogens is 354 g/mol. The molecule has 3 rings (SSSR count). The van der Waals surface area contributed by atoms with E-state index in [4.69, 9.17) is 9.47 Å². The lowest BCUT2D eigenvalue weighted by atomic mass is 10.3. The number of methoxy groups -OCH3 is 1. The van der Waals surface area contributed by atoms with E-state index in [-0.39, 0.29) is 11.5 Å². The van der Waals surface area contributed by atoms with Crippen molar-refractivity contribution in [1.82, 2.24) is 9.97 Å². The quantitative estimate of drug-likeness (QED) is 0.583. The first-order valence-electron chi connectivity index (χ1n) is 8.20. The Labute approximate surface area is 155 Å². The summed E-state index contributed by atoms with van der Waals surface area (Å²) in [6.45, 7) is 0.832. The van der Waals surface area contributed by atoms with Gasteiger partial charge in [0.1, 0.15) is 41.2 Å². The molecule has 0 aliphatic rings. The average Bonchev–Trinajstić information content (AvgIpc) is 2.69. The van der Waals surface area contributed by atoms with Gasteiger partial charge >= 0.3 is 0 Å². The summed E-state index contributed by atoms with van der Waals surface area (Å²) in [6, 6.07) is 12.4. The predicted octanol–water partition coefficient (Wildman–Crippen LogP) is 4.00. The molecule has 6 nitrogen and oxygen atoms in total. The van der Waals surface area contributed by atoms with Crippen molar-refractivity contribution in [2.24, 2.45) is 0 Å². The van der Waals surface area contributed by atoms with Crippen molar-refractivity contribution < 1.29 is 18.3 Å². The minimum atomic E-state index is -0.698. The minimum absolute atomic E-state index is 0.259. The molecule has 0 bridgehead atoms. The molecular formula is C19H18F2N4O2. The van der Waals surface area contributed by atoms with Crippen LogP contribution in [0, 0.1) is 11.6 Å². The van der Waals surface area contributed by atoms with Gasteiger partial charge in [0.25, 0.3) is 0 Å². The minimum Gasteiger partial charge on any atom is -0.497 e. The van der Waals surface area contributed by atoms with E-state index in [1.165, 1.54) is 30.5 Å². The van der Waals surface area contributed by atoms with Gasteiger partial charge in [-0.05, 0) is 42.5 Å². The lowest BCUT2D eigenvalue weighted by Gasteiger charge is -2.10. The van der Waals surface area contributed by atoms with Gasteiger partial charge in [-0.25, -0.2) is 13.8 Å². The van der Waals surface area contributed by atoms with Crippen LogP contribution < -0.4 is 20.1 Å². The second kappa shape index (κ2) is 8.79. The first-order valence-corrected chi connectivity index (χ1v) is 8.20. The number of halogens is 2. The van der Waals surface area contributed by atoms with Crippen LogP contribution in [-0.2, 0) is 0 Å². The first-order chi connectivity index (χ1) is 13.2. The molecule has 8 heteroatoms. The molecule has 140 valence electrons. The molecule has 0 aliphatic carbocycles. The van der Waals surface area contributed by atoms with E-state index in [0.717, 1.165) is 5.75 Å². The van der Waals surface area contributed by atoms with Gasteiger partial charge < -0.3 is 20.1 Å². The number of nitrogens with zero attached hydrogens (tertiary/aromatic N) is 2. The zero-order chi connectivity index (χ0) is 19.1. The van der Waals surface area contributed by atoms with Crippen LogP contribution in [0.25, 0.3) is 0 Å². The predicted molar refractivity (Wildman–Crippen MR) is 98.7 cm³/mol. The number of hydrogen-bond donors (Lipinski definition) is 2. The van der Waals surface area contributed by atoms with Crippen LogP contribution >= 0.6 is 0 Å². The van der Waals surface area contributed by atoms with Gasteiger partial charge in [-0.3, -0.25) is 0 Å². The normalized spacial score (nSPS) is 10.3. The molecule has 0 saturated carbocycles. The van der Waals surface area contributed by atoms with Gasteiger partial charge in [-0.2, -0.15) is 4.98 Å². The number of aromatic nitrogens is 2. The Kier molecular flexibility index (Phi) is 5.98. The molecule has 0 saturated heterocycles. The van der Waals surface area contributed by atoms with E-state index in [1.807, 2.05) is 24.3 Å². The fourth-order valence-electron chi connectivity index (χ4n) is 2.26. The molecule has 0 radical (unpaired) electrons. The molecule has 0 spiro atoms. The van der Waals surface area contributed by atoms with Gasteiger partial charge in [0, 0.05) is 6.20 Å². The van der Waals surface area contributed by atoms with E-state index in [9.17, 15) is 8.78 Å². The van der Waals surface area contributed by atoms with Crippen LogP contribution in [0.5, 0.6) is 11.5 Å².